The van der Waals surface area contributed by atoms with Crippen molar-refractivity contribution in [2.75, 3.05) is 36.7 Å². The molecule has 1 fully saturated rings. The largest absolute Gasteiger partial charge is 0.336 e. The number of hydrogen-bond acceptors (Lipinski definition) is 4. The number of sulfonamides is 1. The molecule has 1 amide bonds. The molecule has 4 aromatic carbocycles. The highest BCUT2D eigenvalue weighted by Crippen LogP contribution is 2.35. The predicted octanol–water partition coefficient (Wildman–Crippen LogP) is 6.51. The third kappa shape index (κ3) is 6.76. The fourth-order valence-electron chi connectivity index (χ4n) is 5.24. The van der Waals surface area contributed by atoms with Gasteiger partial charge in [-0.25, -0.2) is 8.42 Å². The van der Waals surface area contributed by atoms with Crippen molar-refractivity contribution in [3.05, 3.63) is 135 Å². The summed E-state index contributed by atoms with van der Waals surface area (Å²) in [6, 6.07) is 33.0. The van der Waals surface area contributed by atoms with Gasteiger partial charge in [-0.1, -0.05) is 102 Å². The van der Waals surface area contributed by atoms with Gasteiger partial charge in [-0.2, -0.15) is 0 Å². The highest BCUT2D eigenvalue weighted by Gasteiger charge is 2.29. The number of carbonyl (C=O) groups is 1. The summed E-state index contributed by atoms with van der Waals surface area (Å²) in [5, 5.41) is 0.449. The lowest BCUT2D eigenvalue weighted by Crippen LogP contribution is -2.49. The van der Waals surface area contributed by atoms with E-state index < -0.39 is 10.0 Å². The van der Waals surface area contributed by atoms with Crippen molar-refractivity contribution >= 4 is 44.8 Å². The Balaban J connectivity index is 1.27. The lowest BCUT2D eigenvalue weighted by molar-refractivity contribution is 0.0597. The highest BCUT2D eigenvalue weighted by molar-refractivity contribution is 7.92. The Bertz CT molecular complexity index is 1550. The van der Waals surface area contributed by atoms with E-state index >= 15 is 0 Å². The van der Waals surface area contributed by atoms with E-state index in [1.165, 1.54) is 15.4 Å². The summed E-state index contributed by atoms with van der Waals surface area (Å²) in [4.78, 5) is 17.7. The van der Waals surface area contributed by atoms with Crippen molar-refractivity contribution in [2.24, 2.45) is 0 Å². The summed E-state index contributed by atoms with van der Waals surface area (Å²) in [7, 11) is -3.64. The average Bonchev–Trinajstić information content (AvgIpc) is 2.99. The van der Waals surface area contributed by atoms with E-state index in [4.69, 9.17) is 23.2 Å². The van der Waals surface area contributed by atoms with E-state index in [1.807, 2.05) is 17.0 Å². The molecule has 0 spiro atoms. The Morgan fingerprint density at radius 2 is 1.34 bits per heavy atom. The number of hydrogen-bond donors (Lipinski definition) is 0. The van der Waals surface area contributed by atoms with E-state index in [9.17, 15) is 13.2 Å². The molecule has 0 radical (unpaired) electrons. The first-order valence-electron chi connectivity index (χ1n) is 13.4. The Morgan fingerprint density at radius 3 is 1.88 bits per heavy atom. The summed E-state index contributed by atoms with van der Waals surface area (Å²) in [6.07, 6.45) is 1.13. The van der Waals surface area contributed by atoms with Gasteiger partial charge in [0.2, 0.25) is 10.0 Å². The number of rotatable bonds is 8. The topological polar surface area (TPSA) is 60.9 Å². The van der Waals surface area contributed by atoms with E-state index in [2.05, 4.69) is 53.4 Å². The summed E-state index contributed by atoms with van der Waals surface area (Å²) >= 11 is 12.5. The number of carbonyl (C=O) groups excluding carboxylic acids is 1. The zero-order chi connectivity index (χ0) is 29.0. The van der Waals surface area contributed by atoms with Crippen LogP contribution in [-0.4, -0.2) is 56.6 Å². The van der Waals surface area contributed by atoms with Gasteiger partial charge in [0, 0.05) is 31.7 Å². The molecule has 4 aromatic rings. The van der Waals surface area contributed by atoms with E-state index in [-0.39, 0.29) is 28.5 Å². The molecule has 41 heavy (non-hydrogen) atoms. The van der Waals surface area contributed by atoms with Crippen molar-refractivity contribution in [2.45, 2.75) is 12.6 Å². The number of anilines is 1. The quantitative estimate of drug-likeness (QED) is 0.229. The van der Waals surface area contributed by atoms with Crippen LogP contribution in [0.5, 0.6) is 0 Å². The van der Waals surface area contributed by atoms with Crippen LogP contribution in [0.3, 0.4) is 0 Å². The Labute approximate surface area is 251 Å². The molecule has 1 saturated heterocycles. The minimum Gasteiger partial charge on any atom is -0.336 e. The number of nitrogens with zero attached hydrogens (tertiary/aromatic N) is 3. The third-order valence-electron chi connectivity index (χ3n) is 7.32. The molecule has 9 heteroatoms. The summed E-state index contributed by atoms with van der Waals surface area (Å²) < 4.78 is 26.4. The van der Waals surface area contributed by atoms with Crippen molar-refractivity contribution in [1.29, 1.82) is 0 Å². The van der Waals surface area contributed by atoms with Crippen LogP contribution in [0.25, 0.3) is 0 Å². The predicted molar refractivity (Wildman–Crippen MR) is 166 cm³/mol. The first-order valence-corrected chi connectivity index (χ1v) is 16.0. The zero-order valence-corrected chi connectivity index (χ0v) is 25.0. The minimum absolute atomic E-state index is 0.0370. The summed E-state index contributed by atoms with van der Waals surface area (Å²) in [6.45, 7) is 2.80. The van der Waals surface area contributed by atoms with Crippen molar-refractivity contribution < 1.29 is 13.2 Å². The van der Waals surface area contributed by atoms with E-state index in [0.717, 1.165) is 24.9 Å². The second-order valence-electron chi connectivity index (χ2n) is 10.1. The number of halogens is 2. The van der Waals surface area contributed by atoms with Crippen LogP contribution in [0.2, 0.25) is 10.0 Å². The Hall–Kier alpha value is -3.36. The third-order valence-corrected chi connectivity index (χ3v) is 9.26. The molecule has 0 aromatic heterocycles. The molecule has 0 N–H and O–H groups in total. The number of benzene rings is 4. The smallest absolute Gasteiger partial charge is 0.253 e. The molecule has 0 aliphatic carbocycles. The maximum atomic E-state index is 13.4. The van der Waals surface area contributed by atoms with Gasteiger partial charge in [0.1, 0.15) is 0 Å². The Morgan fingerprint density at radius 1 is 0.780 bits per heavy atom. The molecule has 1 aliphatic rings. The molecule has 212 valence electrons. The first kappa shape index (κ1) is 29.1. The Kier molecular flexibility index (Phi) is 9.00. The van der Waals surface area contributed by atoms with Gasteiger partial charge < -0.3 is 4.90 Å². The summed E-state index contributed by atoms with van der Waals surface area (Å²) in [5.74, 6) is -0.0370. The van der Waals surface area contributed by atoms with Crippen LogP contribution in [0.1, 0.15) is 33.1 Å². The van der Waals surface area contributed by atoms with Gasteiger partial charge in [-0.3, -0.25) is 14.0 Å². The fraction of sp³-hybridized carbons (Fsp3) is 0.219. The number of amides is 1. The van der Waals surface area contributed by atoms with Gasteiger partial charge in [0.15, 0.2) is 0 Å². The minimum atomic E-state index is -3.64. The molecule has 6 nitrogen and oxygen atoms in total. The van der Waals surface area contributed by atoms with Crippen LogP contribution in [0.4, 0.5) is 5.69 Å². The van der Waals surface area contributed by atoms with Crippen molar-refractivity contribution in [1.82, 2.24) is 9.80 Å². The van der Waals surface area contributed by atoms with Gasteiger partial charge >= 0.3 is 0 Å². The highest BCUT2D eigenvalue weighted by atomic mass is 35.5. The van der Waals surface area contributed by atoms with Crippen molar-refractivity contribution in [3.8, 4) is 0 Å². The SMILES string of the molecule is CS(=O)(=O)N(Cc1ccc(C(=O)N2CCN(C(c3ccccc3)c3ccccc3)CC2)cc1)c1cccc(Cl)c1Cl. The molecule has 0 unspecified atom stereocenters. The normalized spacial score (nSPS) is 14.3. The van der Waals surface area contributed by atoms with E-state index in [1.54, 1.807) is 42.5 Å². The maximum absolute atomic E-state index is 13.4. The maximum Gasteiger partial charge on any atom is 0.253 e. The average molecular weight is 609 g/mol. The van der Waals surface area contributed by atoms with Gasteiger partial charge in [-0.05, 0) is 41.0 Å². The second-order valence-corrected chi connectivity index (χ2v) is 12.8. The number of piperazine rings is 1. The molecule has 1 heterocycles. The molecule has 5 rings (SSSR count). The standard InChI is InChI=1S/C32H31Cl2N3O3S/c1-41(39,40)37(29-14-8-13-28(33)30(29)34)23-24-15-17-27(18-16-24)32(38)36-21-19-35(20-22-36)31(25-9-4-2-5-10-25)26-11-6-3-7-12-26/h2-18,31H,19-23H2,1H3. The molecular weight excluding hydrogens is 577 g/mol. The lowest BCUT2D eigenvalue weighted by Gasteiger charge is -2.39. The zero-order valence-electron chi connectivity index (χ0n) is 22.7. The van der Waals surface area contributed by atoms with Gasteiger partial charge in [0.25, 0.3) is 5.91 Å². The molecular formula is C32H31Cl2N3O3S. The lowest BCUT2D eigenvalue weighted by atomic mass is 9.96. The van der Waals surface area contributed by atoms with Crippen LogP contribution in [0, 0.1) is 0 Å². The van der Waals surface area contributed by atoms with Crippen LogP contribution < -0.4 is 4.31 Å². The molecule has 0 saturated carbocycles. The molecule has 1 aliphatic heterocycles. The first-order chi connectivity index (χ1) is 19.7. The van der Waals surface area contributed by atoms with Crippen LogP contribution in [0.15, 0.2) is 103 Å². The monoisotopic (exact) mass is 607 g/mol. The van der Waals surface area contributed by atoms with Crippen LogP contribution >= 0.6 is 23.2 Å². The van der Waals surface area contributed by atoms with Gasteiger partial charge in [-0.15, -0.1) is 0 Å². The molecule has 0 bridgehead atoms. The second kappa shape index (κ2) is 12.7. The molecule has 0 atom stereocenters. The van der Waals surface area contributed by atoms with Gasteiger partial charge in [0.05, 0.1) is 34.6 Å². The van der Waals surface area contributed by atoms with Crippen molar-refractivity contribution in [3.63, 3.8) is 0 Å². The van der Waals surface area contributed by atoms with Crippen LogP contribution in [-0.2, 0) is 16.6 Å². The fourth-order valence-corrected chi connectivity index (χ4v) is 6.58. The van der Waals surface area contributed by atoms with E-state index in [0.29, 0.717) is 24.3 Å². The summed E-state index contributed by atoms with van der Waals surface area (Å²) in [5.41, 5.74) is 4.06.